The molecule has 0 aromatic heterocycles. The highest BCUT2D eigenvalue weighted by atomic mass is 32.2. The normalized spacial score (nSPS) is 11.8. The van der Waals surface area contributed by atoms with Gasteiger partial charge in [-0.3, -0.25) is 4.79 Å². The lowest BCUT2D eigenvalue weighted by Gasteiger charge is -2.18. The molecule has 6 heteroatoms. The first-order valence-corrected chi connectivity index (χ1v) is 8.26. The van der Waals surface area contributed by atoms with E-state index in [-0.39, 0.29) is 5.91 Å². The van der Waals surface area contributed by atoms with Gasteiger partial charge in [0.25, 0.3) is 0 Å². The Morgan fingerprint density at radius 1 is 1.20 bits per heavy atom. The van der Waals surface area contributed by atoms with Gasteiger partial charge in [0.2, 0.25) is 5.91 Å². The molecule has 0 heterocycles. The Morgan fingerprint density at radius 3 is 1.95 bits per heavy atom. The van der Waals surface area contributed by atoms with E-state index in [2.05, 4.69) is 38.3 Å². The van der Waals surface area contributed by atoms with E-state index < -0.39 is 12.0 Å². The smallest absolute Gasteiger partial charge is 0.217 e. The van der Waals surface area contributed by atoms with E-state index in [1.54, 1.807) is 11.8 Å². The minimum atomic E-state index is -1.22. The zero-order valence-corrected chi connectivity index (χ0v) is 14.4. The number of nitrogens with two attached hydrogens (primary N) is 1. The highest BCUT2D eigenvalue weighted by molar-refractivity contribution is 7.99. The van der Waals surface area contributed by atoms with Gasteiger partial charge in [-0.15, -0.1) is 0 Å². The average Bonchev–Trinajstić information content (AvgIpc) is 2.26. The number of hydrogen-bond donors (Lipinski definition) is 2. The standard InChI is InChI=1S/C8H15NO3S.C6H15N/c1-3-13-5-4-7(8(11)12)9-6(2)10;1-5(2)7-6(3)4/h7H,3-5H2,1-2H3,(H,9,10)(H,11,12);5-7H,1-4H3/t7-;/m0./s1. The first-order chi connectivity index (χ1) is 9.20. The SMILES string of the molecule is CC(C)[NH2+]C(C)C.CCSCC[C@H](NC(C)=O)C(=O)[O-]. The monoisotopic (exact) mass is 306 g/mol. The molecule has 20 heavy (non-hydrogen) atoms. The largest absolute Gasteiger partial charge is 0.548 e. The number of thioether (sulfide) groups is 1. The molecule has 0 saturated heterocycles. The van der Waals surface area contributed by atoms with E-state index in [1.807, 2.05) is 6.92 Å². The van der Waals surface area contributed by atoms with Crippen molar-refractivity contribution >= 4 is 23.6 Å². The molecule has 0 aliphatic heterocycles. The number of rotatable bonds is 8. The summed E-state index contributed by atoms with van der Waals surface area (Å²) in [6, 6.07) is 0.650. The van der Waals surface area contributed by atoms with Crippen LogP contribution < -0.4 is 15.7 Å². The number of hydrogen-bond acceptors (Lipinski definition) is 4. The number of aliphatic carboxylic acids is 1. The third-order valence-corrected chi connectivity index (χ3v) is 3.12. The summed E-state index contributed by atoms with van der Waals surface area (Å²) >= 11 is 1.64. The predicted molar refractivity (Wildman–Crippen MR) is 82.4 cm³/mol. The molecule has 0 spiro atoms. The molecule has 1 amide bonds. The molecule has 0 aliphatic carbocycles. The van der Waals surface area contributed by atoms with Crippen LogP contribution in [0, 0.1) is 0 Å². The zero-order chi connectivity index (χ0) is 16.1. The molecule has 5 nitrogen and oxygen atoms in total. The van der Waals surface area contributed by atoms with Crippen molar-refractivity contribution in [3.63, 3.8) is 0 Å². The van der Waals surface area contributed by atoms with Gasteiger partial charge in [-0.1, -0.05) is 6.92 Å². The molecule has 3 N–H and O–H groups in total. The summed E-state index contributed by atoms with van der Waals surface area (Å²) in [5.74, 6) is 0.109. The lowest BCUT2D eigenvalue weighted by atomic mass is 10.2. The Balaban J connectivity index is 0. The average molecular weight is 306 g/mol. The van der Waals surface area contributed by atoms with Crippen molar-refractivity contribution in [2.75, 3.05) is 11.5 Å². The molecule has 0 radical (unpaired) electrons. The van der Waals surface area contributed by atoms with Crippen LogP contribution in [0.1, 0.15) is 48.0 Å². The molecule has 0 saturated carbocycles. The summed E-state index contributed by atoms with van der Waals surface area (Å²) in [6.45, 7) is 12.1. The quantitative estimate of drug-likeness (QED) is 0.606. The van der Waals surface area contributed by atoms with E-state index in [4.69, 9.17) is 0 Å². The fraction of sp³-hybridized carbons (Fsp3) is 0.857. The minimum absolute atomic E-state index is 0.337. The lowest BCUT2D eigenvalue weighted by molar-refractivity contribution is -0.709. The van der Waals surface area contributed by atoms with E-state index in [9.17, 15) is 14.7 Å². The van der Waals surface area contributed by atoms with Crippen LogP contribution in [0.15, 0.2) is 0 Å². The Hall–Kier alpha value is -0.750. The molecular formula is C14H30N2O3S. The van der Waals surface area contributed by atoms with Crippen LogP contribution in [-0.4, -0.2) is 41.5 Å². The third-order valence-electron chi connectivity index (χ3n) is 2.19. The zero-order valence-electron chi connectivity index (χ0n) is 13.6. The van der Waals surface area contributed by atoms with Gasteiger partial charge >= 0.3 is 0 Å². The van der Waals surface area contributed by atoms with Gasteiger partial charge in [-0.05, 0) is 45.6 Å². The maximum Gasteiger partial charge on any atom is 0.217 e. The number of carboxylic acid groups (broad SMARTS) is 1. The van der Waals surface area contributed by atoms with Gasteiger partial charge in [-0.25, -0.2) is 0 Å². The Labute approximate surface area is 127 Å². The molecule has 0 fully saturated rings. The molecule has 0 unspecified atom stereocenters. The summed E-state index contributed by atoms with van der Waals surface area (Å²) in [6.07, 6.45) is 0.417. The summed E-state index contributed by atoms with van der Waals surface area (Å²) in [5.41, 5.74) is 0. The fourth-order valence-corrected chi connectivity index (χ4v) is 2.30. The van der Waals surface area contributed by atoms with Crippen molar-refractivity contribution in [3.05, 3.63) is 0 Å². The van der Waals surface area contributed by atoms with Crippen LogP contribution in [0.25, 0.3) is 0 Å². The third kappa shape index (κ3) is 17.2. The highest BCUT2D eigenvalue weighted by Crippen LogP contribution is 2.03. The van der Waals surface area contributed by atoms with E-state index in [1.165, 1.54) is 6.92 Å². The maximum atomic E-state index is 10.6. The van der Waals surface area contributed by atoms with Gasteiger partial charge in [-0.2, -0.15) is 11.8 Å². The topological polar surface area (TPSA) is 85.8 Å². The number of carboxylic acids is 1. The Morgan fingerprint density at radius 2 is 1.70 bits per heavy atom. The van der Waals surface area contributed by atoms with Crippen molar-refractivity contribution in [1.82, 2.24) is 5.32 Å². The second-order valence-corrected chi connectivity index (χ2v) is 6.63. The second-order valence-electron chi connectivity index (χ2n) is 5.24. The molecule has 0 aromatic rings. The first kappa shape index (κ1) is 21.5. The number of nitrogens with one attached hydrogen (secondary N) is 1. The predicted octanol–water partition coefficient (Wildman–Crippen LogP) is -0.249. The van der Waals surface area contributed by atoms with Crippen molar-refractivity contribution in [2.24, 2.45) is 0 Å². The van der Waals surface area contributed by atoms with Gasteiger partial charge in [0.1, 0.15) is 0 Å². The van der Waals surface area contributed by atoms with Crippen LogP contribution in [0.3, 0.4) is 0 Å². The van der Waals surface area contributed by atoms with Gasteiger partial charge < -0.3 is 20.5 Å². The van der Waals surface area contributed by atoms with Gasteiger partial charge in [0, 0.05) is 6.92 Å². The van der Waals surface area contributed by atoms with Crippen LogP contribution in [0.5, 0.6) is 0 Å². The Kier molecular flexibility index (Phi) is 14.3. The number of quaternary nitrogens is 1. The number of amides is 1. The maximum absolute atomic E-state index is 10.6. The van der Waals surface area contributed by atoms with Crippen molar-refractivity contribution in [2.45, 2.75) is 66.1 Å². The summed E-state index contributed by atoms with van der Waals surface area (Å²) < 4.78 is 0. The van der Waals surface area contributed by atoms with Crippen LogP contribution in [0.4, 0.5) is 0 Å². The van der Waals surface area contributed by atoms with Crippen LogP contribution >= 0.6 is 11.8 Å². The lowest BCUT2D eigenvalue weighted by Crippen LogP contribution is -2.92. The van der Waals surface area contributed by atoms with Crippen LogP contribution in [-0.2, 0) is 9.59 Å². The molecule has 0 bridgehead atoms. The van der Waals surface area contributed by atoms with E-state index in [0.717, 1.165) is 23.6 Å². The number of carbonyl (C=O) groups excluding carboxylic acids is 2. The molecule has 120 valence electrons. The number of carbonyl (C=O) groups is 2. The highest BCUT2D eigenvalue weighted by Gasteiger charge is 2.09. The fourth-order valence-electron chi connectivity index (χ4n) is 1.61. The molecule has 0 aliphatic rings. The van der Waals surface area contributed by atoms with Gasteiger partial charge in [0.05, 0.1) is 24.1 Å². The van der Waals surface area contributed by atoms with E-state index in [0.29, 0.717) is 6.42 Å². The molecule has 0 aromatic carbocycles. The molecular weight excluding hydrogens is 276 g/mol. The Bertz CT molecular complexity index is 265. The van der Waals surface area contributed by atoms with Crippen LogP contribution in [0.2, 0.25) is 0 Å². The van der Waals surface area contributed by atoms with Crippen molar-refractivity contribution in [3.8, 4) is 0 Å². The van der Waals surface area contributed by atoms with E-state index >= 15 is 0 Å². The summed E-state index contributed by atoms with van der Waals surface area (Å²) in [5, 5.41) is 15.2. The minimum Gasteiger partial charge on any atom is -0.548 e. The van der Waals surface area contributed by atoms with Crippen molar-refractivity contribution < 1.29 is 20.0 Å². The summed E-state index contributed by atoms with van der Waals surface area (Å²) in [7, 11) is 0. The second kappa shape index (κ2) is 13.2. The van der Waals surface area contributed by atoms with Gasteiger partial charge in [0.15, 0.2) is 0 Å². The van der Waals surface area contributed by atoms with Crippen molar-refractivity contribution in [1.29, 1.82) is 0 Å². The first-order valence-electron chi connectivity index (χ1n) is 7.11. The molecule has 0 rings (SSSR count). The summed E-state index contributed by atoms with van der Waals surface area (Å²) in [4.78, 5) is 21.1. The molecule has 1 atom stereocenters.